The maximum Gasteiger partial charge on any atom is 1.00 e. The summed E-state index contributed by atoms with van der Waals surface area (Å²) in [6.07, 6.45) is 1.02. The Morgan fingerprint density at radius 1 is 0.706 bits per heavy atom. The summed E-state index contributed by atoms with van der Waals surface area (Å²) in [5, 5.41) is 31.0. The van der Waals surface area contributed by atoms with Crippen LogP contribution in [0, 0.1) is 0 Å². The van der Waals surface area contributed by atoms with Crippen molar-refractivity contribution < 1.29 is 92.4 Å². The molecule has 4 N–H and O–H groups in total. The molecule has 0 rings (SSSR count). The van der Waals surface area contributed by atoms with Crippen LogP contribution in [0.1, 0.15) is 27.1 Å². The van der Waals surface area contributed by atoms with Gasteiger partial charge in [0, 0.05) is 12.8 Å². The van der Waals surface area contributed by atoms with Crippen molar-refractivity contribution in [1.29, 1.82) is 0 Å². The zero-order valence-corrected chi connectivity index (χ0v) is 12.4. The number of carboxylic acids is 4. The Balaban J connectivity index is -0.000000108. The quantitative estimate of drug-likeness (QED) is 0.235. The van der Waals surface area contributed by atoms with Crippen LogP contribution in [0.25, 0.3) is 0 Å². The van der Waals surface area contributed by atoms with Crippen molar-refractivity contribution in [2.45, 2.75) is 25.7 Å². The van der Waals surface area contributed by atoms with E-state index in [0.29, 0.717) is 12.8 Å². The second-order valence-corrected chi connectivity index (χ2v) is 2.60. The third-order valence-electron chi connectivity index (χ3n) is 1.21. The Morgan fingerprint density at radius 2 is 0.941 bits per heavy atom. The van der Waals surface area contributed by atoms with Gasteiger partial charge in [0.05, 0.1) is 0 Å². The van der Waals surface area contributed by atoms with E-state index in [1.54, 1.807) is 0 Å². The molecule has 0 spiro atoms. The molecule has 9 heteroatoms. The topological polar surface area (TPSA) is 149 Å². The second-order valence-electron chi connectivity index (χ2n) is 2.60. The molecular formula is C8H13KO8. The zero-order chi connectivity index (χ0) is 13.1. The van der Waals surface area contributed by atoms with Crippen molar-refractivity contribution in [3.8, 4) is 0 Å². The number of carboxylic acid groups (broad SMARTS) is 4. The normalized spacial score (nSPS) is 8.00. The van der Waals surface area contributed by atoms with Gasteiger partial charge in [-0.15, -0.1) is 0 Å². The van der Waals surface area contributed by atoms with Crippen molar-refractivity contribution >= 4 is 23.9 Å². The van der Waals surface area contributed by atoms with E-state index < -0.39 is 23.9 Å². The predicted molar refractivity (Wildman–Crippen MR) is 50.1 cm³/mol. The molecule has 0 fully saturated rings. The summed E-state index contributed by atoms with van der Waals surface area (Å²) in [5.41, 5.74) is 0. The summed E-state index contributed by atoms with van der Waals surface area (Å²) in [5.74, 6) is -5.39. The van der Waals surface area contributed by atoms with E-state index in [-0.39, 0.29) is 65.7 Å². The van der Waals surface area contributed by atoms with Crippen LogP contribution < -0.4 is 51.4 Å². The first-order chi connectivity index (χ1) is 7.27. The van der Waals surface area contributed by atoms with Crippen molar-refractivity contribution in [1.82, 2.24) is 0 Å². The SMILES string of the molecule is O=C(O)C(=O)O.O=C(O)CCCCC(=O)O.[H-].[K+]. The van der Waals surface area contributed by atoms with Crippen molar-refractivity contribution in [3.63, 3.8) is 0 Å². The molecule has 0 amide bonds. The van der Waals surface area contributed by atoms with Crippen molar-refractivity contribution in [2.24, 2.45) is 0 Å². The van der Waals surface area contributed by atoms with Crippen LogP contribution in [-0.4, -0.2) is 44.3 Å². The maximum atomic E-state index is 9.90. The van der Waals surface area contributed by atoms with E-state index >= 15 is 0 Å². The fraction of sp³-hybridized carbons (Fsp3) is 0.500. The molecule has 0 aromatic carbocycles. The van der Waals surface area contributed by atoms with Gasteiger partial charge in [-0.1, -0.05) is 0 Å². The first-order valence-corrected chi connectivity index (χ1v) is 4.17. The maximum absolute atomic E-state index is 9.90. The molecule has 0 saturated carbocycles. The van der Waals surface area contributed by atoms with Gasteiger partial charge in [-0.05, 0) is 12.8 Å². The van der Waals surface area contributed by atoms with E-state index in [0.717, 1.165) is 0 Å². The number of hydrogen-bond donors (Lipinski definition) is 4. The number of hydrogen-bond acceptors (Lipinski definition) is 4. The van der Waals surface area contributed by atoms with Gasteiger partial charge in [-0.25, -0.2) is 9.59 Å². The van der Waals surface area contributed by atoms with Crippen LogP contribution in [0.15, 0.2) is 0 Å². The second kappa shape index (κ2) is 13.6. The summed E-state index contributed by atoms with van der Waals surface area (Å²) in [6, 6.07) is 0. The molecule has 17 heavy (non-hydrogen) atoms. The predicted octanol–water partition coefficient (Wildman–Crippen LogP) is -3.01. The fourth-order valence-corrected chi connectivity index (χ4v) is 0.552. The molecule has 0 heterocycles. The third-order valence-corrected chi connectivity index (χ3v) is 1.21. The molecule has 0 aromatic rings. The first-order valence-electron chi connectivity index (χ1n) is 4.17. The summed E-state index contributed by atoms with van der Waals surface area (Å²) < 4.78 is 0. The van der Waals surface area contributed by atoms with E-state index in [9.17, 15) is 9.59 Å². The van der Waals surface area contributed by atoms with Gasteiger partial charge in [0.1, 0.15) is 0 Å². The number of rotatable bonds is 5. The van der Waals surface area contributed by atoms with Crippen LogP contribution in [0.5, 0.6) is 0 Å². The van der Waals surface area contributed by atoms with Crippen molar-refractivity contribution in [2.75, 3.05) is 0 Å². The molecule has 0 aliphatic rings. The molecule has 0 atom stereocenters. The van der Waals surface area contributed by atoms with E-state index in [2.05, 4.69) is 0 Å². The van der Waals surface area contributed by atoms with Gasteiger partial charge >= 0.3 is 75.3 Å². The zero-order valence-electron chi connectivity index (χ0n) is 10.3. The molecule has 0 aromatic heterocycles. The van der Waals surface area contributed by atoms with Gasteiger partial charge in [0.2, 0.25) is 0 Å². The third kappa shape index (κ3) is 25.6. The van der Waals surface area contributed by atoms with Gasteiger partial charge in [0.25, 0.3) is 0 Å². The van der Waals surface area contributed by atoms with Gasteiger partial charge < -0.3 is 21.9 Å². The molecule has 0 unspecified atom stereocenters. The summed E-state index contributed by atoms with van der Waals surface area (Å²) in [7, 11) is 0. The largest absolute Gasteiger partial charge is 1.00 e. The van der Waals surface area contributed by atoms with E-state index in [4.69, 9.17) is 30.0 Å². The molecule has 8 nitrogen and oxygen atoms in total. The Morgan fingerprint density at radius 3 is 1.06 bits per heavy atom. The Bertz CT molecular complexity index is 252. The van der Waals surface area contributed by atoms with E-state index in [1.807, 2.05) is 0 Å². The number of carbonyl (C=O) groups is 4. The van der Waals surface area contributed by atoms with Crippen LogP contribution >= 0.6 is 0 Å². The van der Waals surface area contributed by atoms with Crippen molar-refractivity contribution in [3.05, 3.63) is 0 Å². The molecule has 0 saturated heterocycles. The van der Waals surface area contributed by atoms with Crippen LogP contribution in [0.2, 0.25) is 0 Å². The smallest absolute Gasteiger partial charge is 1.00 e. The minimum Gasteiger partial charge on any atom is -1.00 e. The summed E-state index contributed by atoms with van der Waals surface area (Å²) >= 11 is 0. The minimum atomic E-state index is -1.82. The molecule has 0 aliphatic carbocycles. The molecule has 94 valence electrons. The van der Waals surface area contributed by atoms with Gasteiger partial charge in [0.15, 0.2) is 0 Å². The minimum absolute atomic E-state index is 0. The monoisotopic (exact) mass is 276 g/mol. The Hall–Kier alpha value is -0.484. The first kappa shape index (κ1) is 21.8. The van der Waals surface area contributed by atoms with Crippen LogP contribution in [-0.2, 0) is 19.2 Å². The number of aliphatic carboxylic acids is 4. The summed E-state index contributed by atoms with van der Waals surface area (Å²) in [4.78, 5) is 38.0. The molecule has 0 radical (unpaired) electrons. The number of unbranched alkanes of at least 4 members (excludes halogenated alkanes) is 1. The Kier molecular flexibility index (Phi) is 17.4. The average Bonchev–Trinajstić information content (AvgIpc) is 2.12. The summed E-state index contributed by atoms with van der Waals surface area (Å²) in [6.45, 7) is 0. The fourth-order valence-electron chi connectivity index (χ4n) is 0.552. The van der Waals surface area contributed by atoms with E-state index in [1.165, 1.54) is 0 Å². The van der Waals surface area contributed by atoms with Gasteiger partial charge in [-0.3, -0.25) is 9.59 Å². The molecule has 0 bridgehead atoms. The molecule has 0 aliphatic heterocycles. The average molecular weight is 276 g/mol. The Labute approximate surface area is 141 Å². The standard InChI is InChI=1S/C6H10O4.C2H2O4.K.H/c7-5(8)3-1-2-4-6(9)10;3-1(4)2(5)6;;/h1-4H2,(H,7,8)(H,9,10);(H,3,4)(H,5,6);;/q;;+1;-1. The van der Waals surface area contributed by atoms with Gasteiger partial charge in [-0.2, -0.15) is 0 Å². The molecular weight excluding hydrogens is 263 g/mol. The van der Waals surface area contributed by atoms with Crippen LogP contribution in [0.4, 0.5) is 0 Å². The van der Waals surface area contributed by atoms with Crippen LogP contribution in [0.3, 0.4) is 0 Å².